The number of carbonyl (C=O) groups is 2. The molecule has 0 unspecified atom stereocenters. The molecular weight excluding hydrogens is 374 g/mol. The molecule has 4 heteroatoms. The second-order valence-corrected chi connectivity index (χ2v) is 7.98. The highest BCUT2D eigenvalue weighted by molar-refractivity contribution is 6.46. The van der Waals surface area contributed by atoms with Crippen molar-refractivity contribution in [2.24, 2.45) is 5.73 Å². The summed E-state index contributed by atoms with van der Waals surface area (Å²) >= 11 is 0. The molecule has 0 aliphatic rings. The summed E-state index contributed by atoms with van der Waals surface area (Å²) in [4.78, 5) is 24.8. The first-order chi connectivity index (χ1) is 14.6. The van der Waals surface area contributed by atoms with Crippen molar-refractivity contribution in [1.29, 1.82) is 0 Å². The number of nitrogens with two attached hydrogens (primary N) is 1. The Balaban J connectivity index is 2.02. The van der Waals surface area contributed by atoms with E-state index in [1.807, 2.05) is 24.3 Å². The van der Waals surface area contributed by atoms with Crippen LogP contribution in [0.5, 0.6) is 0 Å². The number of amides is 1. The lowest BCUT2D eigenvalue weighted by Gasteiger charge is -2.22. The second kappa shape index (κ2) is 4.86. The second-order valence-electron chi connectivity index (χ2n) is 7.98. The van der Waals surface area contributed by atoms with Gasteiger partial charge in [-0.15, -0.1) is 0 Å². The van der Waals surface area contributed by atoms with Gasteiger partial charge in [0.25, 0.3) is 0 Å². The third kappa shape index (κ3) is 1.57. The van der Waals surface area contributed by atoms with Crippen LogP contribution in [0.15, 0.2) is 60.7 Å². The fourth-order valence-corrected chi connectivity index (χ4v) is 5.55. The van der Waals surface area contributed by atoms with Crippen molar-refractivity contribution >= 4 is 76.5 Å². The molecule has 1 amide bonds. The Morgan fingerprint density at radius 2 is 0.867 bits per heavy atom. The molecular formula is C26H13NO3. The number of carbonyl (C=O) groups excluding carboxylic acids is 1. The summed E-state index contributed by atoms with van der Waals surface area (Å²) in [6.45, 7) is 0. The molecule has 0 saturated carbocycles. The highest BCUT2D eigenvalue weighted by Crippen LogP contribution is 2.49. The first-order valence-electron chi connectivity index (χ1n) is 9.72. The summed E-state index contributed by atoms with van der Waals surface area (Å²) in [5, 5.41) is 21.8. The molecule has 7 aromatic rings. The topological polar surface area (TPSA) is 80.4 Å². The van der Waals surface area contributed by atoms with Crippen LogP contribution in [0.2, 0.25) is 0 Å². The molecule has 3 N–H and O–H groups in total. The molecule has 0 atom stereocenters. The molecule has 30 heavy (non-hydrogen) atoms. The fraction of sp³-hybridized carbons (Fsp3) is 0. The summed E-state index contributed by atoms with van der Waals surface area (Å²) in [6.07, 6.45) is 0. The van der Waals surface area contributed by atoms with Crippen molar-refractivity contribution in [3.05, 3.63) is 71.8 Å². The van der Waals surface area contributed by atoms with E-state index in [4.69, 9.17) is 5.73 Å². The molecule has 0 aliphatic heterocycles. The number of rotatable bonds is 2. The van der Waals surface area contributed by atoms with Crippen LogP contribution in [-0.2, 0) is 0 Å². The van der Waals surface area contributed by atoms with Gasteiger partial charge in [-0.3, -0.25) is 4.79 Å². The summed E-state index contributed by atoms with van der Waals surface area (Å²) in [5.41, 5.74) is 5.79. The number of hydrogen-bond donors (Lipinski definition) is 2. The Bertz CT molecular complexity index is 1700. The average Bonchev–Trinajstić information content (AvgIpc) is 2.75. The van der Waals surface area contributed by atoms with Crippen LogP contribution in [0, 0.1) is 0 Å². The van der Waals surface area contributed by atoms with E-state index in [1.165, 1.54) is 0 Å². The SMILES string of the molecule is NC(=O)c1c(C(=O)O)c2ccc3ccc4ccc5ccc6ccc1c1c6c5c4c3c21. The molecule has 0 fully saturated rings. The van der Waals surface area contributed by atoms with Gasteiger partial charge in [-0.25, -0.2) is 4.79 Å². The minimum absolute atomic E-state index is 0.0187. The minimum atomic E-state index is -1.14. The Morgan fingerprint density at radius 3 is 1.23 bits per heavy atom. The lowest BCUT2D eigenvalue weighted by molar-refractivity contribution is 0.0694. The normalized spacial score (nSPS) is 12.5. The van der Waals surface area contributed by atoms with Crippen LogP contribution in [0.25, 0.3) is 64.6 Å². The van der Waals surface area contributed by atoms with Gasteiger partial charge in [-0.2, -0.15) is 0 Å². The number of hydrogen-bond acceptors (Lipinski definition) is 2. The molecule has 0 heterocycles. The van der Waals surface area contributed by atoms with Gasteiger partial charge in [-0.1, -0.05) is 60.7 Å². The van der Waals surface area contributed by atoms with Crippen LogP contribution < -0.4 is 5.73 Å². The van der Waals surface area contributed by atoms with Crippen LogP contribution in [0.3, 0.4) is 0 Å². The third-order valence-electron chi connectivity index (χ3n) is 6.63. The van der Waals surface area contributed by atoms with Crippen molar-refractivity contribution in [3.63, 3.8) is 0 Å². The molecule has 0 saturated heterocycles. The zero-order valence-electron chi connectivity index (χ0n) is 15.6. The Labute approximate surface area is 169 Å². The summed E-state index contributed by atoms with van der Waals surface area (Å²) < 4.78 is 0. The van der Waals surface area contributed by atoms with Gasteiger partial charge in [-0.05, 0) is 64.6 Å². The molecule has 0 bridgehead atoms. The van der Waals surface area contributed by atoms with Gasteiger partial charge in [0.05, 0.1) is 11.1 Å². The van der Waals surface area contributed by atoms with Crippen molar-refractivity contribution in [3.8, 4) is 0 Å². The van der Waals surface area contributed by atoms with E-state index in [0.717, 1.165) is 53.9 Å². The maximum atomic E-state index is 12.5. The lowest BCUT2D eigenvalue weighted by atomic mass is 9.80. The van der Waals surface area contributed by atoms with E-state index in [9.17, 15) is 14.7 Å². The van der Waals surface area contributed by atoms with Gasteiger partial charge in [0.15, 0.2) is 0 Å². The molecule has 0 aliphatic carbocycles. The highest BCUT2D eigenvalue weighted by atomic mass is 16.4. The first kappa shape index (κ1) is 15.7. The standard InChI is InChI=1S/C26H13NO3/c27-25(28)23-15-9-7-13-5-3-11-1-2-12-4-6-14-8-10-16(24(23)26(29)30)22-20(14)18(12)17(11)19(13)21(15)22/h1-10H,(H2,27,28)(H,29,30). The third-order valence-corrected chi connectivity index (χ3v) is 6.63. The van der Waals surface area contributed by atoms with Crippen molar-refractivity contribution in [2.75, 3.05) is 0 Å². The molecule has 0 spiro atoms. The number of primary amides is 1. The van der Waals surface area contributed by atoms with Crippen molar-refractivity contribution < 1.29 is 14.7 Å². The Morgan fingerprint density at radius 1 is 0.533 bits per heavy atom. The largest absolute Gasteiger partial charge is 0.478 e. The molecule has 7 rings (SSSR count). The molecule has 0 radical (unpaired) electrons. The Hall–Kier alpha value is -4.18. The van der Waals surface area contributed by atoms with Crippen LogP contribution >= 0.6 is 0 Å². The smallest absolute Gasteiger partial charge is 0.337 e. The van der Waals surface area contributed by atoms with E-state index < -0.39 is 11.9 Å². The molecule has 4 nitrogen and oxygen atoms in total. The van der Waals surface area contributed by atoms with E-state index >= 15 is 0 Å². The summed E-state index contributed by atoms with van der Waals surface area (Å²) in [6, 6.07) is 20.2. The summed E-state index contributed by atoms with van der Waals surface area (Å²) in [5.74, 6) is -1.87. The monoisotopic (exact) mass is 387 g/mol. The first-order valence-corrected chi connectivity index (χ1v) is 9.72. The quantitative estimate of drug-likeness (QED) is 0.294. The van der Waals surface area contributed by atoms with Gasteiger partial charge in [0.2, 0.25) is 5.91 Å². The number of aromatic carboxylic acids is 1. The van der Waals surface area contributed by atoms with E-state index in [-0.39, 0.29) is 11.1 Å². The summed E-state index contributed by atoms with van der Waals surface area (Å²) in [7, 11) is 0. The van der Waals surface area contributed by atoms with E-state index in [0.29, 0.717) is 10.8 Å². The maximum absolute atomic E-state index is 12.5. The highest BCUT2D eigenvalue weighted by Gasteiger charge is 2.27. The van der Waals surface area contributed by atoms with E-state index in [2.05, 4.69) is 36.4 Å². The molecule has 7 aromatic carbocycles. The average molecular weight is 387 g/mol. The number of carboxylic acids is 1. The van der Waals surface area contributed by atoms with Gasteiger partial charge in [0, 0.05) is 0 Å². The van der Waals surface area contributed by atoms with Gasteiger partial charge < -0.3 is 10.8 Å². The van der Waals surface area contributed by atoms with Gasteiger partial charge in [0.1, 0.15) is 0 Å². The Kier molecular flexibility index (Phi) is 2.55. The number of carboxylic acid groups (broad SMARTS) is 1. The molecule has 140 valence electrons. The van der Waals surface area contributed by atoms with Gasteiger partial charge >= 0.3 is 5.97 Å². The van der Waals surface area contributed by atoms with Crippen molar-refractivity contribution in [1.82, 2.24) is 0 Å². The maximum Gasteiger partial charge on any atom is 0.337 e. The van der Waals surface area contributed by atoms with Crippen LogP contribution in [0.1, 0.15) is 20.7 Å². The zero-order chi connectivity index (χ0) is 20.3. The van der Waals surface area contributed by atoms with Crippen LogP contribution in [0.4, 0.5) is 0 Å². The zero-order valence-corrected chi connectivity index (χ0v) is 15.6. The fourth-order valence-electron chi connectivity index (χ4n) is 5.55. The predicted molar refractivity (Wildman–Crippen MR) is 121 cm³/mol. The molecule has 0 aromatic heterocycles. The minimum Gasteiger partial charge on any atom is -0.478 e. The van der Waals surface area contributed by atoms with E-state index in [1.54, 1.807) is 0 Å². The number of benzene rings is 7. The van der Waals surface area contributed by atoms with Crippen molar-refractivity contribution in [2.45, 2.75) is 0 Å². The van der Waals surface area contributed by atoms with Crippen LogP contribution in [-0.4, -0.2) is 17.0 Å². The lowest BCUT2D eigenvalue weighted by Crippen LogP contribution is -2.17. The predicted octanol–water partition coefficient (Wildman–Crippen LogP) is 5.72.